The normalized spacial score (nSPS) is 10.9. The van der Waals surface area contributed by atoms with E-state index in [1.165, 1.54) is 16.7 Å². The molecule has 0 atom stereocenters. The molecule has 2 rings (SSSR count). The average Bonchev–Trinajstić information content (AvgIpc) is 2.66. The summed E-state index contributed by atoms with van der Waals surface area (Å²) >= 11 is 5.65. The molecule has 0 amide bonds. The van der Waals surface area contributed by atoms with E-state index in [0.29, 0.717) is 0 Å². The molecule has 2 nitrogen and oxygen atoms in total. The predicted octanol–water partition coefficient (Wildman–Crippen LogP) is 2.98. The van der Waals surface area contributed by atoms with Gasteiger partial charge < -0.3 is 0 Å². The number of thiophene rings is 1. The van der Waals surface area contributed by atoms with E-state index >= 15 is 0 Å². The first-order valence-electron chi connectivity index (χ1n) is 4.30. The topological polar surface area (TPSA) is 34.1 Å². The number of thiol groups is 1. The van der Waals surface area contributed by atoms with Crippen molar-refractivity contribution < 1.29 is 8.42 Å². The molecular formula is C10H8ClNaO2S3. The maximum absolute atomic E-state index is 11.1. The van der Waals surface area contributed by atoms with Gasteiger partial charge >= 0.3 is 29.6 Å². The van der Waals surface area contributed by atoms with Crippen LogP contribution in [0, 0.1) is 0 Å². The summed E-state index contributed by atoms with van der Waals surface area (Å²) < 4.78 is 22.2. The van der Waals surface area contributed by atoms with E-state index in [2.05, 4.69) is 12.6 Å². The molecule has 0 radical (unpaired) electrons. The van der Waals surface area contributed by atoms with Gasteiger partial charge in [0, 0.05) is 31.4 Å². The van der Waals surface area contributed by atoms with E-state index in [4.69, 9.17) is 10.7 Å². The minimum atomic E-state index is -3.65. The first-order chi connectivity index (χ1) is 7.48. The van der Waals surface area contributed by atoms with Crippen molar-refractivity contribution in [3.8, 4) is 10.4 Å². The fourth-order valence-electron chi connectivity index (χ4n) is 1.27. The summed E-state index contributed by atoms with van der Waals surface area (Å²) in [6.45, 7) is 0. The van der Waals surface area contributed by atoms with Crippen LogP contribution < -0.4 is 0 Å². The van der Waals surface area contributed by atoms with Gasteiger partial charge in [-0.05, 0) is 12.1 Å². The average molecular weight is 315 g/mol. The molecule has 7 heteroatoms. The van der Waals surface area contributed by atoms with Gasteiger partial charge in [-0.15, -0.1) is 24.0 Å². The van der Waals surface area contributed by atoms with Crippen molar-refractivity contribution in [3.05, 3.63) is 35.7 Å². The van der Waals surface area contributed by atoms with Crippen molar-refractivity contribution in [2.45, 2.75) is 9.79 Å². The third kappa shape index (κ3) is 3.73. The number of hydrogen-bond donors (Lipinski definition) is 1. The Balaban J connectivity index is 0.00000144. The van der Waals surface area contributed by atoms with Gasteiger partial charge in [-0.1, -0.05) is 18.2 Å². The van der Waals surface area contributed by atoms with Gasteiger partial charge in [-0.2, -0.15) is 0 Å². The molecule has 0 aliphatic heterocycles. The van der Waals surface area contributed by atoms with Crippen LogP contribution in [0.15, 0.2) is 45.5 Å². The molecule has 0 saturated heterocycles. The van der Waals surface area contributed by atoms with Crippen molar-refractivity contribution in [1.82, 2.24) is 0 Å². The van der Waals surface area contributed by atoms with E-state index in [1.54, 1.807) is 6.07 Å². The maximum atomic E-state index is 11.1. The molecule has 0 bridgehead atoms. The molecule has 2 aromatic rings. The third-order valence-corrected chi connectivity index (χ3v) is 4.86. The SMILES string of the molecule is O=S(=O)(Cl)c1csc(-c2ccccc2S)c1.[NaH]. The van der Waals surface area contributed by atoms with Crippen LogP contribution in [0.2, 0.25) is 0 Å². The Morgan fingerprint density at radius 3 is 2.41 bits per heavy atom. The van der Waals surface area contributed by atoms with Gasteiger partial charge in [0.15, 0.2) is 0 Å². The monoisotopic (exact) mass is 314 g/mol. The summed E-state index contributed by atoms with van der Waals surface area (Å²) in [4.78, 5) is 1.78. The Bertz CT molecular complexity index is 622. The summed E-state index contributed by atoms with van der Waals surface area (Å²) in [7, 11) is 1.61. The van der Waals surface area contributed by atoms with E-state index in [1.807, 2.05) is 24.3 Å². The zero-order chi connectivity index (χ0) is 11.8. The molecule has 1 aromatic heterocycles. The molecule has 17 heavy (non-hydrogen) atoms. The number of benzene rings is 1. The van der Waals surface area contributed by atoms with Gasteiger partial charge in [0.05, 0.1) is 4.90 Å². The van der Waals surface area contributed by atoms with Crippen molar-refractivity contribution >= 4 is 73.3 Å². The molecule has 0 fully saturated rings. The summed E-state index contributed by atoms with van der Waals surface area (Å²) in [6.07, 6.45) is 0. The Hall–Kier alpha value is 0.510. The van der Waals surface area contributed by atoms with Crippen molar-refractivity contribution in [1.29, 1.82) is 0 Å². The second-order valence-electron chi connectivity index (χ2n) is 3.10. The molecule has 0 unspecified atom stereocenters. The number of rotatable bonds is 2. The van der Waals surface area contributed by atoms with Gasteiger partial charge in [0.2, 0.25) is 0 Å². The van der Waals surface area contributed by atoms with Crippen LogP contribution in [0.1, 0.15) is 0 Å². The summed E-state index contributed by atoms with van der Waals surface area (Å²) in [5.41, 5.74) is 0.905. The van der Waals surface area contributed by atoms with Crippen LogP contribution in [-0.4, -0.2) is 38.0 Å². The van der Waals surface area contributed by atoms with Gasteiger partial charge in [0.1, 0.15) is 0 Å². The van der Waals surface area contributed by atoms with E-state index in [-0.39, 0.29) is 34.5 Å². The first-order valence-corrected chi connectivity index (χ1v) is 7.93. The van der Waals surface area contributed by atoms with Crippen LogP contribution in [0.4, 0.5) is 0 Å². The first kappa shape index (κ1) is 15.6. The van der Waals surface area contributed by atoms with E-state index in [0.717, 1.165) is 15.3 Å². The molecule has 86 valence electrons. The summed E-state index contributed by atoms with van der Waals surface area (Å²) in [5, 5.41) is 1.53. The molecular weight excluding hydrogens is 307 g/mol. The Labute approximate surface area is 136 Å². The van der Waals surface area contributed by atoms with Crippen molar-refractivity contribution in [3.63, 3.8) is 0 Å². The fraction of sp³-hybridized carbons (Fsp3) is 0. The predicted molar refractivity (Wildman–Crippen MR) is 77.2 cm³/mol. The summed E-state index contributed by atoms with van der Waals surface area (Å²) in [5.74, 6) is 0. The van der Waals surface area contributed by atoms with Crippen LogP contribution in [0.5, 0.6) is 0 Å². The van der Waals surface area contributed by atoms with Crippen LogP contribution in [-0.2, 0) is 9.05 Å². The third-order valence-electron chi connectivity index (χ3n) is 2.03. The molecule has 1 heterocycles. The quantitative estimate of drug-likeness (QED) is 0.525. The molecule has 0 saturated carbocycles. The molecule has 0 aliphatic rings. The molecule has 1 aromatic carbocycles. The molecule has 0 N–H and O–H groups in total. The van der Waals surface area contributed by atoms with E-state index < -0.39 is 9.05 Å². The Kier molecular flexibility index (Phi) is 5.59. The molecule has 0 aliphatic carbocycles. The fourth-order valence-corrected chi connectivity index (χ4v) is 3.84. The number of halogens is 1. The second-order valence-corrected chi connectivity index (χ2v) is 7.06. The van der Waals surface area contributed by atoms with Crippen molar-refractivity contribution in [2.24, 2.45) is 0 Å². The van der Waals surface area contributed by atoms with E-state index in [9.17, 15) is 8.42 Å². The van der Waals surface area contributed by atoms with Gasteiger partial charge in [-0.25, -0.2) is 8.42 Å². The minimum absolute atomic E-state index is 0. The van der Waals surface area contributed by atoms with Crippen LogP contribution in [0.3, 0.4) is 0 Å². The zero-order valence-corrected chi connectivity index (χ0v) is 11.2. The van der Waals surface area contributed by atoms with Gasteiger partial charge in [0.25, 0.3) is 9.05 Å². The van der Waals surface area contributed by atoms with Crippen LogP contribution in [0.25, 0.3) is 10.4 Å². The second kappa shape index (κ2) is 6.10. The summed E-state index contributed by atoms with van der Waals surface area (Å²) in [6, 6.07) is 9.05. The van der Waals surface area contributed by atoms with Crippen LogP contribution >= 0.6 is 34.6 Å². The number of hydrogen-bond acceptors (Lipinski definition) is 4. The van der Waals surface area contributed by atoms with Gasteiger partial charge in [-0.3, -0.25) is 0 Å². The zero-order valence-electron chi connectivity index (χ0n) is 7.92. The van der Waals surface area contributed by atoms with Crippen molar-refractivity contribution in [2.75, 3.05) is 0 Å². The molecule has 0 spiro atoms. The Morgan fingerprint density at radius 2 is 1.88 bits per heavy atom. The Morgan fingerprint density at radius 1 is 1.24 bits per heavy atom. The standard InChI is InChI=1S/C10H7ClO2S3.Na.H/c11-16(12,13)7-5-10(15-6-7)8-3-1-2-4-9(8)14;;/h1-6,14H;;.